The number of rotatable bonds is 6. The van der Waals surface area contributed by atoms with E-state index in [1.807, 2.05) is 37.1 Å². The first-order chi connectivity index (χ1) is 17.0. The van der Waals surface area contributed by atoms with E-state index in [9.17, 15) is 4.39 Å². The molecule has 0 unspecified atom stereocenters. The van der Waals surface area contributed by atoms with Crippen molar-refractivity contribution in [1.29, 1.82) is 0 Å². The Morgan fingerprint density at radius 1 is 0.829 bits per heavy atom. The van der Waals surface area contributed by atoms with Crippen molar-refractivity contribution in [2.75, 3.05) is 52.2 Å². The summed E-state index contributed by atoms with van der Waals surface area (Å²) in [5, 5.41) is 4.73. The number of aromatic nitrogens is 2. The van der Waals surface area contributed by atoms with Crippen LogP contribution in [0.25, 0.3) is 28.1 Å². The zero-order valence-electron chi connectivity index (χ0n) is 20.7. The van der Waals surface area contributed by atoms with E-state index in [1.165, 1.54) is 11.8 Å². The van der Waals surface area contributed by atoms with Crippen LogP contribution >= 0.6 is 0 Å². The third kappa shape index (κ3) is 4.99. The highest BCUT2D eigenvalue weighted by Crippen LogP contribution is 2.31. The van der Waals surface area contributed by atoms with Gasteiger partial charge in [-0.1, -0.05) is 36.4 Å². The average molecular weight is 470 g/mol. The molecule has 1 fully saturated rings. The molecular weight excluding hydrogens is 437 g/mol. The first-order valence-electron chi connectivity index (χ1n) is 12.1. The average Bonchev–Trinajstić information content (AvgIpc) is 3.29. The number of halogens is 1. The summed E-state index contributed by atoms with van der Waals surface area (Å²) >= 11 is 0. The summed E-state index contributed by atoms with van der Waals surface area (Å²) in [6.45, 7) is 4.84. The van der Waals surface area contributed by atoms with Crippen LogP contribution in [0.15, 0.2) is 79.0 Å². The molecule has 1 aliphatic rings. The van der Waals surface area contributed by atoms with E-state index in [0.717, 1.165) is 60.8 Å². The maximum absolute atomic E-state index is 15.0. The molecule has 3 aromatic carbocycles. The number of hydrogen-bond donors (Lipinski definition) is 0. The highest BCUT2D eigenvalue weighted by atomic mass is 19.1. The molecule has 35 heavy (non-hydrogen) atoms. The van der Waals surface area contributed by atoms with E-state index in [2.05, 4.69) is 70.3 Å². The molecule has 6 heteroatoms. The Morgan fingerprint density at radius 2 is 1.46 bits per heavy atom. The molecule has 0 aliphatic carbocycles. The topological polar surface area (TPSA) is 27.5 Å². The van der Waals surface area contributed by atoms with Gasteiger partial charge in [0.1, 0.15) is 5.82 Å². The van der Waals surface area contributed by atoms with E-state index in [1.54, 1.807) is 6.07 Å². The first-order valence-corrected chi connectivity index (χ1v) is 12.1. The summed E-state index contributed by atoms with van der Waals surface area (Å²) in [5.41, 5.74) is 6.83. The minimum Gasteiger partial charge on any atom is -0.378 e. The SMILES string of the molecule is CN1CCN(Cc2cnn(-c3ccc(-c4ccc(N(C)C)cc4)cc3)c2-c2ccccc2F)CC1. The molecule has 5 rings (SSSR count). The van der Waals surface area contributed by atoms with Gasteiger partial charge in [-0.2, -0.15) is 5.10 Å². The smallest absolute Gasteiger partial charge is 0.132 e. The Bertz CT molecular complexity index is 1270. The molecule has 180 valence electrons. The van der Waals surface area contributed by atoms with Crippen LogP contribution in [0, 0.1) is 5.82 Å². The third-order valence-corrected chi connectivity index (χ3v) is 6.79. The normalized spacial score (nSPS) is 14.9. The van der Waals surface area contributed by atoms with E-state index in [-0.39, 0.29) is 5.82 Å². The third-order valence-electron chi connectivity index (χ3n) is 6.79. The Hall–Kier alpha value is -3.48. The van der Waals surface area contributed by atoms with Crippen LogP contribution in [0.3, 0.4) is 0 Å². The highest BCUT2D eigenvalue weighted by Gasteiger charge is 2.21. The standard InChI is InChI=1S/C29H32FN5/c1-32(2)25-12-8-22(9-13-25)23-10-14-26(15-11-23)35-29(27-6-4-5-7-28(27)30)24(20-31-35)21-34-18-16-33(3)17-19-34/h4-15,20H,16-19,21H2,1-3H3. The van der Waals surface area contributed by atoms with Crippen molar-refractivity contribution in [3.8, 4) is 28.1 Å². The first kappa shape index (κ1) is 23.3. The summed E-state index contributed by atoms with van der Waals surface area (Å²) in [4.78, 5) is 6.86. The molecule has 0 amide bonds. The maximum atomic E-state index is 15.0. The Labute approximate surface area is 207 Å². The van der Waals surface area contributed by atoms with Crippen LogP contribution in [0.5, 0.6) is 0 Å². The van der Waals surface area contributed by atoms with Gasteiger partial charge in [0.25, 0.3) is 0 Å². The van der Waals surface area contributed by atoms with Crippen molar-refractivity contribution in [3.63, 3.8) is 0 Å². The monoisotopic (exact) mass is 469 g/mol. The zero-order chi connectivity index (χ0) is 24.4. The lowest BCUT2D eigenvalue weighted by Crippen LogP contribution is -2.43. The molecule has 0 bridgehead atoms. The Kier molecular flexibility index (Phi) is 6.66. The van der Waals surface area contributed by atoms with Gasteiger partial charge in [-0.15, -0.1) is 0 Å². The van der Waals surface area contributed by atoms with Crippen molar-refractivity contribution in [1.82, 2.24) is 19.6 Å². The lowest BCUT2D eigenvalue weighted by Gasteiger charge is -2.32. The van der Waals surface area contributed by atoms with Gasteiger partial charge < -0.3 is 9.80 Å². The summed E-state index contributed by atoms with van der Waals surface area (Å²) < 4.78 is 16.8. The van der Waals surface area contributed by atoms with Crippen LogP contribution in [0.4, 0.5) is 10.1 Å². The second-order valence-electron chi connectivity index (χ2n) is 9.48. The lowest BCUT2D eigenvalue weighted by atomic mass is 10.0. The second-order valence-corrected chi connectivity index (χ2v) is 9.48. The van der Waals surface area contributed by atoms with Crippen molar-refractivity contribution in [3.05, 3.63) is 90.4 Å². The van der Waals surface area contributed by atoms with E-state index >= 15 is 0 Å². The molecular formula is C29H32FN5. The molecule has 2 heterocycles. The Balaban J connectivity index is 1.48. The predicted molar refractivity (Wildman–Crippen MR) is 141 cm³/mol. The predicted octanol–water partition coefficient (Wildman–Crippen LogP) is 5.16. The maximum Gasteiger partial charge on any atom is 0.132 e. The summed E-state index contributed by atoms with van der Waals surface area (Å²) in [6, 6.07) is 23.8. The van der Waals surface area contributed by atoms with Gasteiger partial charge in [-0.3, -0.25) is 4.90 Å². The molecule has 4 aromatic rings. The summed E-state index contributed by atoms with van der Waals surface area (Å²) in [5.74, 6) is -0.230. The molecule has 1 aromatic heterocycles. The Morgan fingerprint density at radius 3 is 2.09 bits per heavy atom. The van der Waals surface area contributed by atoms with Crippen LogP contribution in [-0.2, 0) is 6.54 Å². The van der Waals surface area contributed by atoms with Gasteiger partial charge in [0.15, 0.2) is 0 Å². The second kappa shape index (κ2) is 10.0. The van der Waals surface area contributed by atoms with Gasteiger partial charge in [-0.25, -0.2) is 9.07 Å². The van der Waals surface area contributed by atoms with E-state index in [0.29, 0.717) is 5.56 Å². The van der Waals surface area contributed by atoms with Crippen molar-refractivity contribution >= 4 is 5.69 Å². The van der Waals surface area contributed by atoms with Crippen LogP contribution in [0.1, 0.15) is 5.56 Å². The fourth-order valence-corrected chi connectivity index (χ4v) is 4.63. The molecule has 1 saturated heterocycles. The fourth-order valence-electron chi connectivity index (χ4n) is 4.63. The summed E-state index contributed by atoms with van der Waals surface area (Å²) in [6.07, 6.45) is 1.90. The minimum absolute atomic E-state index is 0.230. The van der Waals surface area contributed by atoms with E-state index < -0.39 is 0 Å². The molecule has 1 aliphatic heterocycles. The summed E-state index contributed by atoms with van der Waals surface area (Å²) in [7, 11) is 6.23. The largest absolute Gasteiger partial charge is 0.378 e. The van der Waals surface area contributed by atoms with Crippen LogP contribution in [0.2, 0.25) is 0 Å². The van der Waals surface area contributed by atoms with Crippen molar-refractivity contribution in [2.24, 2.45) is 0 Å². The van der Waals surface area contributed by atoms with Gasteiger partial charge in [-0.05, 0) is 54.6 Å². The zero-order valence-corrected chi connectivity index (χ0v) is 20.7. The molecule has 0 saturated carbocycles. The molecule has 0 N–H and O–H groups in total. The van der Waals surface area contributed by atoms with Crippen LogP contribution < -0.4 is 4.90 Å². The fraction of sp³-hybridized carbons (Fsp3) is 0.276. The van der Waals surface area contributed by atoms with Gasteiger partial charge in [0.05, 0.1) is 17.6 Å². The molecule has 5 nitrogen and oxygen atoms in total. The van der Waals surface area contributed by atoms with E-state index in [4.69, 9.17) is 5.10 Å². The molecule has 0 radical (unpaired) electrons. The van der Waals surface area contributed by atoms with Gasteiger partial charge >= 0.3 is 0 Å². The van der Waals surface area contributed by atoms with Crippen molar-refractivity contribution in [2.45, 2.75) is 6.54 Å². The lowest BCUT2D eigenvalue weighted by molar-refractivity contribution is 0.148. The number of nitrogens with zero attached hydrogens (tertiary/aromatic N) is 5. The van der Waals surface area contributed by atoms with Gasteiger partial charge in [0.2, 0.25) is 0 Å². The molecule has 0 spiro atoms. The van der Waals surface area contributed by atoms with Crippen molar-refractivity contribution < 1.29 is 4.39 Å². The minimum atomic E-state index is -0.230. The number of piperazine rings is 1. The number of likely N-dealkylation sites (N-methyl/N-ethyl adjacent to an activating group) is 1. The number of benzene rings is 3. The molecule has 0 atom stereocenters. The highest BCUT2D eigenvalue weighted by molar-refractivity contribution is 5.69. The van der Waals surface area contributed by atoms with Gasteiger partial charge in [0, 0.05) is 63.6 Å². The number of hydrogen-bond acceptors (Lipinski definition) is 4. The number of anilines is 1. The quantitative estimate of drug-likeness (QED) is 0.390. The van der Waals surface area contributed by atoms with Crippen LogP contribution in [-0.4, -0.2) is 66.9 Å².